The molecule has 1 N–H and O–H groups in total. The van der Waals surface area contributed by atoms with Crippen LogP contribution in [0.25, 0.3) is 22.4 Å². The lowest BCUT2D eigenvalue weighted by molar-refractivity contribution is 0.416. The third-order valence-corrected chi connectivity index (χ3v) is 3.71. The number of aryl methyl sites for hydroxylation is 3. The van der Waals surface area contributed by atoms with Crippen molar-refractivity contribution in [3.63, 3.8) is 0 Å². The van der Waals surface area contributed by atoms with Crippen molar-refractivity contribution in [1.29, 1.82) is 0 Å². The summed E-state index contributed by atoms with van der Waals surface area (Å²) in [6.45, 7) is 6.29. The van der Waals surface area contributed by atoms with E-state index in [0.29, 0.717) is 0 Å². The van der Waals surface area contributed by atoms with Crippen LogP contribution < -0.4 is 4.74 Å². The van der Waals surface area contributed by atoms with Crippen LogP contribution in [-0.4, -0.2) is 17.1 Å². The van der Waals surface area contributed by atoms with Crippen molar-refractivity contribution >= 4 is 11.0 Å². The monoisotopic (exact) mass is 266 g/mol. The van der Waals surface area contributed by atoms with E-state index in [0.717, 1.165) is 28.2 Å². The number of methoxy groups -OCH3 is 1. The number of aromatic nitrogens is 2. The molecule has 3 heteroatoms. The predicted octanol–water partition coefficient (Wildman–Crippen LogP) is 4.16. The minimum Gasteiger partial charge on any atom is -0.496 e. The van der Waals surface area contributed by atoms with Crippen molar-refractivity contribution in [3.05, 3.63) is 47.0 Å². The SMILES string of the molecule is COc1ccc(C)cc1-c1nc2cc(C)c(C)cc2[nH]1. The normalized spacial score (nSPS) is 11.0. The zero-order valence-corrected chi connectivity index (χ0v) is 12.2. The van der Waals surface area contributed by atoms with Crippen molar-refractivity contribution in [2.75, 3.05) is 7.11 Å². The molecule has 1 heterocycles. The molecule has 1 aromatic heterocycles. The number of aromatic amines is 1. The molecule has 0 saturated heterocycles. The molecule has 20 heavy (non-hydrogen) atoms. The van der Waals surface area contributed by atoms with E-state index in [-0.39, 0.29) is 0 Å². The Bertz CT molecular complexity index is 748. The number of nitrogens with one attached hydrogen (secondary N) is 1. The lowest BCUT2D eigenvalue weighted by Crippen LogP contribution is -1.90. The van der Waals surface area contributed by atoms with E-state index in [1.54, 1.807) is 7.11 Å². The number of H-pyrrole nitrogens is 1. The highest BCUT2D eigenvalue weighted by Gasteiger charge is 2.11. The van der Waals surface area contributed by atoms with Crippen molar-refractivity contribution in [2.24, 2.45) is 0 Å². The van der Waals surface area contributed by atoms with Gasteiger partial charge >= 0.3 is 0 Å². The molecular formula is C17H18N2O. The molecule has 0 fully saturated rings. The Morgan fingerprint density at radius 2 is 1.75 bits per heavy atom. The van der Waals surface area contributed by atoms with E-state index < -0.39 is 0 Å². The molecule has 0 spiro atoms. The van der Waals surface area contributed by atoms with Gasteiger partial charge in [0.05, 0.1) is 23.7 Å². The first kappa shape index (κ1) is 12.7. The zero-order valence-electron chi connectivity index (χ0n) is 12.2. The second-order valence-corrected chi connectivity index (χ2v) is 5.24. The van der Waals surface area contributed by atoms with Crippen LogP contribution in [0.2, 0.25) is 0 Å². The Morgan fingerprint density at radius 1 is 1.00 bits per heavy atom. The first-order chi connectivity index (χ1) is 9.58. The highest BCUT2D eigenvalue weighted by molar-refractivity contribution is 5.82. The van der Waals surface area contributed by atoms with Gasteiger partial charge in [-0.25, -0.2) is 4.98 Å². The van der Waals surface area contributed by atoms with Crippen LogP contribution in [0, 0.1) is 20.8 Å². The van der Waals surface area contributed by atoms with Crippen molar-refractivity contribution in [3.8, 4) is 17.1 Å². The molecule has 0 unspecified atom stereocenters. The Labute approximate surface area is 118 Å². The van der Waals surface area contributed by atoms with Crippen LogP contribution >= 0.6 is 0 Å². The van der Waals surface area contributed by atoms with Crippen LogP contribution in [0.15, 0.2) is 30.3 Å². The van der Waals surface area contributed by atoms with E-state index in [2.05, 4.69) is 44.0 Å². The largest absolute Gasteiger partial charge is 0.496 e. The second-order valence-electron chi connectivity index (χ2n) is 5.24. The van der Waals surface area contributed by atoms with Gasteiger partial charge in [0, 0.05) is 0 Å². The van der Waals surface area contributed by atoms with E-state index >= 15 is 0 Å². The summed E-state index contributed by atoms with van der Waals surface area (Å²) >= 11 is 0. The summed E-state index contributed by atoms with van der Waals surface area (Å²) in [6.07, 6.45) is 0. The summed E-state index contributed by atoms with van der Waals surface area (Å²) in [4.78, 5) is 8.09. The molecule has 3 rings (SSSR count). The maximum absolute atomic E-state index is 5.44. The van der Waals surface area contributed by atoms with E-state index in [4.69, 9.17) is 9.72 Å². The van der Waals surface area contributed by atoms with Gasteiger partial charge in [0.2, 0.25) is 0 Å². The molecule has 0 amide bonds. The number of hydrogen-bond donors (Lipinski definition) is 1. The summed E-state index contributed by atoms with van der Waals surface area (Å²) < 4.78 is 5.44. The third-order valence-electron chi connectivity index (χ3n) is 3.71. The van der Waals surface area contributed by atoms with Crippen molar-refractivity contribution in [2.45, 2.75) is 20.8 Å². The third kappa shape index (κ3) is 2.05. The summed E-state index contributed by atoms with van der Waals surface area (Å²) in [5, 5.41) is 0. The van der Waals surface area contributed by atoms with Crippen LogP contribution in [0.4, 0.5) is 0 Å². The van der Waals surface area contributed by atoms with Gasteiger partial charge in [0.1, 0.15) is 11.6 Å². The van der Waals surface area contributed by atoms with Gasteiger partial charge in [-0.2, -0.15) is 0 Å². The zero-order chi connectivity index (χ0) is 14.3. The Kier molecular flexibility index (Phi) is 2.97. The smallest absolute Gasteiger partial charge is 0.142 e. The molecule has 2 aromatic carbocycles. The van der Waals surface area contributed by atoms with Crippen LogP contribution in [0.1, 0.15) is 16.7 Å². The quantitative estimate of drug-likeness (QED) is 0.756. The number of hydrogen-bond acceptors (Lipinski definition) is 2. The van der Waals surface area contributed by atoms with Gasteiger partial charge in [0.25, 0.3) is 0 Å². The van der Waals surface area contributed by atoms with E-state index in [1.807, 2.05) is 12.1 Å². The minimum absolute atomic E-state index is 0.836. The number of fused-ring (bicyclic) bond motifs is 1. The Morgan fingerprint density at radius 3 is 2.50 bits per heavy atom. The fraction of sp³-hybridized carbons (Fsp3) is 0.235. The highest BCUT2D eigenvalue weighted by Crippen LogP contribution is 2.30. The lowest BCUT2D eigenvalue weighted by atomic mass is 10.1. The molecule has 0 aliphatic heterocycles. The minimum atomic E-state index is 0.836. The highest BCUT2D eigenvalue weighted by atomic mass is 16.5. The summed E-state index contributed by atoms with van der Waals surface area (Å²) in [7, 11) is 1.69. The van der Waals surface area contributed by atoms with Crippen molar-refractivity contribution in [1.82, 2.24) is 9.97 Å². The average molecular weight is 266 g/mol. The summed E-state index contributed by atoms with van der Waals surface area (Å²) in [5.41, 5.74) is 6.77. The van der Waals surface area contributed by atoms with Crippen LogP contribution in [0.5, 0.6) is 5.75 Å². The number of ether oxygens (including phenoxy) is 1. The molecule has 3 nitrogen and oxygen atoms in total. The Balaban J connectivity index is 2.22. The molecule has 0 atom stereocenters. The lowest BCUT2D eigenvalue weighted by Gasteiger charge is -2.06. The summed E-state index contributed by atoms with van der Waals surface area (Å²) in [6, 6.07) is 10.4. The summed E-state index contributed by atoms with van der Waals surface area (Å²) in [5.74, 6) is 1.69. The molecule has 0 radical (unpaired) electrons. The number of nitrogens with zero attached hydrogens (tertiary/aromatic N) is 1. The molecule has 0 aliphatic carbocycles. The topological polar surface area (TPSA) is 37.9 Å². The predicted molar refractivity (Wildman–Crippen MR) is 82.3 cm³/mol. The second kappa shape index (κ2) is 4.67. The molecule has 0 aliphatic rings. The average Bonchev–Trinajstić information content (AvgIpc) is 2.82. The number of benzene rings is 2. The molecule has 3 aromatic rings. The van der Waals surface area contributed by atoms with Crippen LogP contribution in [0.3, 0.4) is 0 Å². The van der Waals surface area contributed by atoms with Gasteiger partial charge in [-0.1, -0.05) is 11.6 Å². The van der Waals surface area contributed by atoms with Gasteiger partial charge in [0.15, 0.2) is 0 Å². The Hall–Kier alpha value is -2.29. The fourth-order valence-electron chi connectivity index (χ4n) is 2.40. The van der Waals surface area contributed by atoms with Crippen LogP contribution in [-0.2, 0) is 0 Å². The number of rotatable bonds is 2. The maximum Gasteiger partial charge on any atom is 0.142 e. The molecule has 102 valence electrons. The standard InChI is InChI=1S/C17H18N2O/c1-10-5-6-16(20-4)13(7-10)17-18-14-8-11(2)12(3)9-15(14)19-17/h5-9H,1-4H3,(H,18,19). The first-order valence-corrected chi connectivity index (χ1v) is 6.70. The van der Waals surface area contributed by atoms with E-state index in [9.17, 15) is 0 Å². The molecule has 0 bridgehead atoms. The van der Waals surface area contributed by atoms with Gasteiger partial charge in [-0.15, -0.1) is 0 Å². The maximum atomic E-state index is 5.44. The molecule has 0 saturated carbocycles. The van der Waals surface area contributed by atoms with Crippen molar-refractivity contribution < 1.29 is 4.74 Å². The van der Waals surface area contributed by atoms with Gasteiger partial charge in [-0.05, 0) is 56.2 Å². The van der Waals surface area contributed by atoms with Gasteiger partial charge in [-0.3, -0.25) is 0 Å². The fourth-order valence-corrected chi connectivity index (χ4v) is 2.40. The molecular weight excluding hydrogens is 248 g/mol. The van der Waals surface area contributed by atoms with Gasteiger partial charge < -0.3 is 9.72 Å². The first-order valence-electron chi connectivity index (χ1n) is 6.70. The number of imidazole rings is 1. The van der Waals surface area contributed by atoms with E-state index in [1.165, 1.54) is 16.7 Å².